The predicted octanol–water partition coefficient (Wildman–Crippen LogP) is 0.776. The Balaban J connectivity index is 2.05. The van der Waals surface area contributed by atoms with Crippen LogP contribution in [0.1, 0.15) is 38.5 Å². The molecule has 106 valence electrons. The topological polar surface area (TPSA) is 66.6 Å². The summed E-state index contributed by atoms with van der Waals surface area (Å²) in [6.45, 7) is 1.75. The van der Waals surface area contributed by atoms with Crippen LogP contribution in [0.5, 0.6) is 0 Å². The lowest BCUT2D eigenvalue weighted by Gasteiger charge is -2.33. The Kier molecular flexibility index (Phi) is 4.64. The van der Waals surface area contributed by atoms with E-state index in [1.165, 1.54) is 23.6 Å². The van der Waals surface area contributed by atoms with Crippen molar-refractivity contribution in [3.05, 3.63) is 0 Å². The summed E-state index contributed by atoms with van der Waals surface area (Å²) in [4.78, 5) is 0. The fourth-order valence-corrected chi connectivity index (χ4v) is 4.93. The van der Waals surface area contributed by atoms with Gasteiger partial charge in [-0.3, -0.25) is 0 Å². The third-order valence-corrected chi connectivity index (χ3v) is 6.34. The molecule has 2 N–H and O–H groups in total. The lowest BCUT2D eigenvalue weighted by atomic mass is 9.86. The average Bonchev–Trinajstić information content (AvgIpc) is 2.80. The molecule has 0 radical (unpaired) electrons. The van der Waals surface area contributed by atoms with E-state index in [2.05, 4.69) is 0 Å². The second-order valence-corrected chi connectivity index (χ2v) is 7.47. The van der Waals surface area contributed by atoms with E-state index in [1.54, 1.807) is 11.4 Å². The first-order chi connectivity index (χ1) is 8.57. The van der Waals surface area contributed by atoms with Crippen LogP contribution in [0.15, 0.2) is 0 Å². The zero-order chi connectivity index (χ0) is 13.2. The van der Waals surface area contributed by atoms with Crippen molar-refractivity contribution >= 4 is 10.2 Å². The molecule has 2 aliphatic rings. The number of hydrogen-bond donors (Lipinski definition) is 1. The number of rotatable bonds is 5. The van der Waals surface area contributed by atoms with Crippen LogP contribution >= 0.6 is 0 Å². The molecule has 0 aromatic rings. The molecule has 2 rings (SSSR count). The molecule has 0 bridgehead atoms. The van der Waals surface area contributed by atoms with E-state index >= 15 is 0 Å². The molecule has 1 heterocycles. The summed E-state index contributed by atoms with van der Waals surface area (Å²) in [5, 5.41) is 0. The third kappa shape index (κ3) is 2.71. The second-order valence-electron chi connectivity index (χ2n) is 5.48. The van der Waals surface area contributed by atoms with Crippen LogP contribution in [-0.2, 0) is 10.2 Å². The highest BCUT2D eigenvalue weighted by atomic mass is 32.2. The van der Waals surface area contributed by atoms with Gasteiger partial charge in [-0.15, -0.1) is 0 Å². The highest BCUT2D eigenvalue weighted by Gasteiger charge is 2.42. The van der Waals surface area contributed by atoms with E-state index in [9.17, 15) is 8.42 Å². The van der Waals surface area contributed by atoms with Gasteiger partial charge in [0.05, 0.1) is 0 Å². The number of fused-ring (bicyclic) bond motifs is 1. The lowest BCUT2D eigenvalue weighted by molar-refractivity contribution is 0.249. The van der Waals surface area contributed by atoms with Crippen molar-refractivity contribution in [2.24, 2.45) is 11.7 Å². The Hall–Kier alpha value is -0.170. The minimum Gasteiger partial charge on any atom is -0.330 e. The van der Waals surface area contributed by atoms with E-state index in [4.69, 9.17) is 5.73 Å². The molecule has 5 nitrogen and oxygen atoms in total. The van der Waals surface area contributed by atoms with Crippen molar-refractivity contribution < 1.29 is 8.42 Å². The van der Waals surface area contributed by atoms with Crippen molar-refractivity contribution in [2.75, 3.05) is 26.7 Å². The molecule has 0 amide bonds. The molecule has 2 atom stereocenters. The molecule has 1 aliphatic carbocycles. The first-order valence-corrected chi connectivity index (χ1v) is 8.40. The summed E-state index contributed by atoms with van der Waals surface area (Å²) in [6, 6.07) is 0.254. The smallest absolute Gasteiger partial charge is 0.281 e. The van der Waals surface area contributed by atoms with Gasteiger partial charge in [0, 0.05) is 26.2 Å². The second kappa shape index (κ2) is 5.86. The van der Waals surface area contributed by atoms with E-state index in [1.807, 2.05) is 0 Å². The van der Waals surface area contributed by atoms with Gasteiger partial charge in [0.25, 0.3) is 10.2 Å². The maximum absolute atomic E-state index is 12.5. The highest BCUT2D eigenvalue weighted by Crippen LogP contribution is 2.38. The van der Waals surface area contributed by atoms with Gasteiger partial charge in [-0.1, -0.05) is 12.8 Å². The van der Waals surface area contributed by atoms with E-state index in [0.717, 1.165) is 19.3 Å². The Labute approximate surface area is 110 Å². The molecule has 18 heavy (non-hydrogen) atoms. The van der Waals surface area contributed by atoms with Gasteiger partial charge >= 0.3 is 0 Å². The van der Waals surface area contributed by atoms with Gasteiger partial charge in [0.15, 0.2) is 0 Å². The first kappa shape index (κ1) is 14.2. The quantitative estimate of drug-likeness (QED) is 0.806. The zero-order valence-corrected chi connectivity index (χ0v) is 12.0. The Morgan fingerprint density at radius 3 is 2.72 bits per heavy atom. The van der Waals surface area contributed by atoms with Crippen LogP contribution in [0.25, 0.3) is 0 Å². The maximum atomic E-state index is 12.5. The minimum atomic E-state index is -3.27. The van der Waals surface area contributed by atoms with Gasteiger partial charge in [0.1, 0.15) is 0 Å². The van der Waals surface area contributed by atoms with Crippen LogP contribution < -0.4 is 5.73 Å². The van der Waals surface area contributed by atoms with Crippen molar-refractivity contribution in [1.82, 2.24) is 8.61 Å². The summed E-state index contributed by atoms with van der Waals surface area (Å²) in [5.74, 6) is 0.594. The molecule has 0 spiro atoms. The van der Waals surface area contributed by atoms with Crippen LogP contribution in [-0.4, -0.2) is 49.8 Å². The van der Waals surface area contributed by atoms with Crippen molar-refractivity contribution in [2.45, 2.75) is 44.6 Å². The molecule has 1 saturated carbocycles. The van der Waals surface area contributed by atoms with Crippen LogP contribution in [0.3, 0.4) is 0 Å². The molecule has 1 saturated heterocycles. The average molecular weight is 275 g/mol. The fraction of sp³-hybridized carbons (Fsp3) is 1.00. The van der Waals surface area contributed by atoms with Crippen molar-refractivity contribution in [3.8, 4) is 0 Å². The Morgan fingerprint density at radius 2 is 2.00 bits per heavy atom. The van der Waals surface area contributed by atoms with E-state index in [0.29, 0.717) is 25.6 Å². The summed E-state index contributed by atoms with van der Waals surface area (Å²) in [5.41, 5.74) is 5.44. The summed E-state index contributed by atoms with van der Waals surface area (Å²) in [7, 11) is -1.60. The molecule has 2 fully saturated rings. The fourth-order valence-electron chi connectivity index (χ4n) is 3.26. The summed E-state index contributed by atoms with van der Waals surface area (Å²) < 4.78 is 28.2. The predicted molar refractivity (Wildman–Crippen MR) is 72.3 cm³/mol. The first-order valence-electron chi connectivity index (χ1n) is 7.00. The summed E-state index contributed by atoms with van der Waals surface area (Å²) in [6.07, 6.45) is 6.42. The van der Waals surface area contributed by atoms with Gasteiger partial charge in [-0.2, -0.15) is 17.0 Å². The lowest BCUT2D eigenvalue weighted by Crippen LogP contribution is -2.46. The molecule has 1 aliphatic heterocycles. The molecule has 0 aromatic heterocycles. The molecular weight excluding hydrogens is 250 g/mol. The van der Waals surface area contributed by atoms with Gasteiger partial charge in [0.2, 0.25) is 0 Å². The van der Waals surface area contributed by atoms with Crippen LogP contribution in [0.2, 0.25) is 0 Å². The largest absolute Gasteiger partial charge is 0.330 e. The van der Waals surface area contributed by atoms with Crippen LogP contribution in [0, 0.1) is 5.92 Å². The Bertz CT molecular complexity index is 372. The van der Waals surface area contributed by atoms with Gasteiger partial charge in [-0.25, -0.2) is 0 Å². The minimum absolute atomic E-state index is 0.254. The maximum Gasteiger partial charge on any atom is 0.281 e. The normalized spacial score (nSPS) is 29.7. The van der Waals surface area contributed by atoms with Gasteiger partial charge < -0.3 is 5.73 Å². The highest BCUT2D eigenvalue weighted by molar-refractivity contribution is 7.86. The van der Waals surface area contributed by atoms with Crippen molar-refractivity contribution in [3.63, 3.8) is 0 Å². The monoisotopic (exact) mass is 275 g/mol. The SMILES string of the molecule is CN(CCCN)S(=O)(=O)N1CCC2CCCCC21. The standard InChI is InChI=1S/C12H25N3O2S/c1-14(9-4-8-13)18(16,17)15-10-7-11-5-2-3-6-12(11)15/h11-12H,2-10,13H2,1H3. The Morgan fingerprint density at radius 1 is 1.28 bits per heavy atom. The third-order valence-electron chi connectivity index (χ3n) is 4.33. The van der Waals surface area contributed by atoms with E-state index in [-0.39, 0.29) is 6.04 Å². The number of nitrogens with two attached hydrogens (primary N) is 1. The number of nitrogens with zero attached hydrogens (tertiary/aromatic N) is 2. The molecule has 6 heteroatoms. The summed E-state index contributed by atoms with van der Waals surface area (Å²) >= 11 is 0. The van der Waals surface area contributed by atoms with E-state index < -0.39 is 10.2 Å². The van der Waals surface area contributed by atoms with Crippen LogP contribution in [0.4, 0.5) is 0 Å². The van der Waals surface area contributed by atoms with Crippen molar-refractivity contribution in [1.29, 1.82) is 0 Å². The molecular formula is C12H25N3O2S. The molecule has 2 unspecified atom stereocenters. The molecule has 0 aromatic carbocycles. The van der Waals surface area contributed by atoms with Gasteiger partial charge in [-0.05, 0) is 38.1 Å². The number of hydrogen-bond acceptors (Lipinski definition) is 3. The zero-order valence-electron chi connectivity index (χ0n) is 11.2.